The van der Waals surface area contributed by atoms with E-state index >= 15 is 0 Å². The number of anilines is 4. The van der Waals surface area contributed by atoms with Gasteiger partial charge in [-0.15, -0.1) is 0 Å². The van der Waals surface area contributed by atoms with Crippen LogP contribution in [0.5, 0.6) is 0 Å². The molecule has 1 aliphatic carbocycles. The van der Waals surface area contributed by atoms with Gasteiger partial charge in [0, 0.05) is 36.6 Å². The standard InChI is InChI=1S/C24H27FN6O2/c25-20-12-17(5-6-21(20)30-9-7-19(32)8-10-30)28-24-27-14-16-11-15(13-26)23(33)31(22(16)29-24)18-3-1-2-4-18/h5-6,11-12,14,18-19,23,32-33H,1-4,7-10H2,(H,27,28,29). The van der Waals surface area contributed by atoms with E-state index in [-0.39, 0.29) is 23.5 Å². The van der Waals surface area contributed by atoms with E-state index in [4.69, 9.17) is 0 Å². The van der Waals surface area contributed by atoms with Crippen LogP contribution in [0.25, 0.3) is 6.08 Å². The summed E-state index contributed by atoms with van der Waals surface area (Å²) in [5.41, 5.74) is 2.00. The molecule has 9 heteroatoms. The molecule has 172 valence electrons. The molecule has 33 heavy (non-hydrogen) atoms. The molecule has 2 aromatic rings. The highest BCUT2D eigenvalue weighted by Gasteiger charge is 2.35. The molecular weight excluding hydrogens is 423 g/mol. The molecule has 1 aromatic heterocycles. The largest absolute Gasteiger partial charge is 0.393 e. The van der Waals surface area contributed by atoms with Crippen molar-refractivity contribution in [1.29, 1.82) is 5.26 Å². The summed E-state index contributed by atoms with van der Waals surface area (Å²) in [6.45, 7) is 1.24. The van der Waals surface area contributed by atoms with Crippen LogP contribution in [0.3, 0.4) is 0 Å². The molecule has 0 spiro atoms. The first kappa shape index (κ1) is 21.6. The van der Waals surface area contributed by atoms with Crippen LogP contribution in [-0.4, -0.2) is 51.6 Å². The fourth-order valence-corrected chi connectivity index (χ4v) is 4.98. The lowest BCUT2D eigenvalue weighted by Gasteiger charge is -2.37. The van der Waals surface area contributed by atoms with E-state index in [2.05, 4.69) is 21.4 Å². The molecule has 2 fully saturated rings. The normalized spacial score (nSPS) is 21.5. The van der Waals surface area contributed by atoms with Crippen LogP contribution in [0.4, 0.5) is 27.5 Å². The maximum atomic E-state index is 14.8. The summed E-state index contributed by atoms with van der Waals surface area (Å²) >= 11 is 0. The van der Waals surface area contributed by atoms with Crippen LogP contribution in [0.15, 0.2) is 30.0 Å². The Balaban J connectivity index is 1.40. The van der Waals surface area contributed by atoms with Crippen LogP contribution in [0, 0.1) is 17.1 Å². The molecule has 1 atom stereocenters. The number of nitrogens with zero attached hydrogens (tertiary/aromatic N) is 5. The molecule has 3 heterocycles. The predicted octanol–water partition coefficient (Wildman–Crippen LogP) is 3.31. The smallest absolute Gasteiger partial charge is 0.229 e. The SMILES string of the molecule is N#CC1=Cc2cnc(Nc3ccc(N4CCC(O)CC4)c(F)c3)nc2N(C2CCCC2)C1O. The summed E-state index contributed by atoms with van der Waals surface area (Å²) in [6, 6.07) is 7.12. The van der Waals surface area contributed by atoms with Crippen LogP contribution in [0.2, 0.25) is 0 Å². The highest BCUT2D eigenvalue weighted by atomic mass is 19.1. The van der Waals surface area contributed by atoms with Gasteiger partial charge >= 0.3 is 0 Å². The van der Waals surface area contributed by atoms with E-state index in [0.717, 1.165) is 25.7 Å². The van der Waals surface area contributed by atoms with Crippen molar-refractivity contribution in [3.8, 4) is 6.07 Å². The van der Waals surface area contributed by atoms with Gasteiger partial charge in [0.15, 0.2) is 6.23 Å². The van der Waals surface area contributed by atoms with Gasteiger partial charge in [0.05, 0.1) is 23.4 Å². The molecule has 3 aliphatic rings. The zero-order valence-electron chi connectivity index (χ0n) is 18.3. The maximum absolute atomic E-state index is 14.8. The van der Waals surface area contributed by atoms with Crippen molar-refractivity contribution in [3.05, 3.63) is 41.3 Å². The van der Waals surface area contributed by atoms with Crippen LogP contribution in [0.1, 0.15) is 44.1 Å². The molecule has 1 aromatic carbocycles. The molecule has 2 aliphatic heterocycles. The number of aromatic nitrogens is 2. The lowest BCUT2D eigenvalue weighted by molar-refractivity contribution is 0.145. The first-order valence-corrected chi connectivity index (χ1v) is 11.5. The van der Waals surface area contributed by atoms with Crippen molar-refractivity contribution in [1.82, 2.24) is 9.97 Å². The number of hydrogen-bond donors (Lipinski definition) is 3. The molecule has 3 N–H and O–H groups in total. The molecule has 1 saturated heterocycles. The van der Waals surface area contributed by atoms with Crippen LogP contribution >= 0.6 is 0 Å². The number of piperidine rings is 1. The molecule has 1 saturated carbocycles. The van der Waals surface area contributed by atoms with Gasteiger partial charge in [-0.3, -0.25) is 0 Å². The first-order chi connectivity index (χ1) is 16.0. The average molecular weight is 451 g/mol. The van der Waals surface area contributed by atoms with Crippen molar-refractivity contribution >= 4 is 29.2 Å². The Morgan fingerprint density at radius 2 is 1.88 bits per heavy atom. The van der Waals surface area contributed by atoms with Crippen molar-refractivity contribution in [3.63, 3.8) is 0 Å². The van der Waals surface area contributed by atoms with Gasteiger partial charge in [-0.1, -0.05) is 12.8 Å². The Kier molecular flexibility index (Phi) is 5.87. The van der Waals surface area contributed by atoms with Crippen molar-refractivity contribution in [2.75, 3.05) is 28.2 Å². The molecular formula is C24H27FN6O2. The molecule has 5 rings (SSSR count). The van der Waals surface area contributed by atoms with Gasteiger partial charge in [0.2, 0.25) is 5.95 Å². The Hall–Kier alpha value is -3.22. The number of rotatable bonds is 4. The molecule has 0 amide bonds. The number of halogens is 1. The number of nitrogens with one attached hydrogen (secondary N) is 1. The highest BCUT2D eigenvalue weighted by Crippen LogP contribution is 2.37. The summed E-state index contributed by atoms with van der Waals surface area (Å²) in [5, 5.41) is 33.0. The first-order valence-electron chi connectivity index (χ1n) is 11.5. The summed E-state index contributed by atoms with van der Waals surface area (Å²) < 4.78 is 14.8. The molecule has 0 radical (unpaired) electrons. The predicted molar refractivity (Wildman–Crippen MR) is 124 cm³/mol. The van der Waals surface area contributed by atoms with Gasteiger partial charge < -0.3 is 25.3 Å². The number of benzene rings is 1. The van der Waals surface area contributed by atoms with E-state index in [1.807, 2.05) is 9.80 Å². The van der Waals surface area contributed by atoms with Gasteiger partial charge in [-0.2, -0.15) is 10.2 Å². The van der Waals surface area contributed by atoms with E-state index in [0.29, 0.717) is 54.6 Å². The van der Waals surface area contributed by atoms with E-state index in [1.165, 1.54) is 6.07 Å². The molecule has 8 nitrogen and oxygen atoms in total. The van der Waals surface area contributed by atoms with Crippen LogP contribution in [-0.2, 0) is 0 Å². The third-order valence-electron chi connectivity index (χ3n) is 6.75. The number of hydrogen-bond acceptors (Lipinski definition) is 8. The second-order valence-corrected chi connectivity index (χ2v) is 8.91. The summed E-state index contributed by atoms with van der Waals surface area (Å²) in [6.07, 6.45) is 7.19. The fourth-order valence-electron chi connectivity index (χ4n) is 4.98. The average Bonchev–Trinajstić information content (AvgIpc) is 3.34. The Labute approximate surface area is 192 Å². The number of aliphatic hydroxyl groups excluding tert-OH is 2. The van der Waals surface area contributed by atoms with Crippen molar-refractivity contribution < 1.29 is 14.6 Å². The van der Waals surface area contributed by atoms with E-state index in [1.54, 1.807) is 24.4 Å². The monoisotopic (exact) mass is 450 g/mol. The minimum absolute atomic E-state index is 0.110. The summed E-state index contributed by atoms with van der Waals surface area (Å²) in [7, 11) is 0. The van der Waals surface area contributed by atoms with Crippen LogP contribution < -0.4 is 15.1 Å². The quantitative estimate of drug-likeness (QED) is 0.651. The second-order valence-electron chi connectivity index (χ2n) is 8.91. The zero-order valence-corrected chi connectivity index (χ0v) is 18.3. The van der Waals surface area contributed by atoms with E-state index in [9.17, 15) is 19.9 Å². The Morgan fingerprint density at radius 1 is 1.12 bits per heavy atom. The minimum atomic E-state index is -1.03. The highest BCUT2D eigenvalue weighted by molar-refractivity contribution is 5.75. The molecule has 0 bridgehead atoms. The van der Waals surface area contributed by atoms with E-state index < -0.39 is 6.23 Å². The van der Waals surface area contributed by atoms with Gasteiger partial charge in [0.1, 0.15) is 11.6 Å². The molecule has 1 unspecified atom stereocenters. The maximum Gasteiger partial charge on any atom is 0.229 e. The number of nitriles is 1. The Morgan fingerprint density at radius 3 is 2.58 bits per heavy atom. The van der Waals surface area contributed by atoms with Crippen molar-refractivity contribution in [2.24, 2.45) is 0 Å². The fraction of sp³-hybridized carbons (Fsp3) is 0.458. The lowest BCUT2D eigenvalue weighted by atomic mass is 10.0. The van der Waals surface area contributed by atoms with Gasteiger partial charge in [-0.05, 0) is 50.0 Å². The number of fused-ring (bicyclic) bond motifs is 1. The minimum Gasteiger partial charge on any atom is -0.393 e. The topological polar surface area (TPSA) is 109 Å². The van der Waals surface area contributed by atoms with Gasteiger partial charge in [0.25, 0.3) is 0 Å². The summed E-state index contributed by atoms with van der Waals surface area (Å²) in [4.78, 5) is 12.7. The third-order valence-corrected chi connectivity index (χ3v) is 6.75. The summed E-state index contributed by atoms with van der Waals surface area (Å²) in [5.74, 6) is 0.528. The van der Waals surface area contributed by atoms with Crippen molar-refractivity contribution in [2.45, 2.75) is 56.9 Å². The number of aliphatic hydroxyl groups is 2. The van der Waals surface area contributed by atoms with Gasteiger partial charge in [-0.25, -0.2) is 9.37 Å². The second kappa shape index (κ2) is 8.96. The lowest BCUT2D eigenvalue weighted by Crippen LogP contribution is -2.45. The zero-order chi connectivity index (χ0) is 22.9. The Bertz CT molecular complexity index is 1100. The third kappa shape index (κ3) is 4.24.